The van der Waals surface area contributed by atoms with Crippen molar-refractivity contribution in [2.24, 2.45) is 0 Å². The summed E-state index contributed by atoms with van der Waals surface area (Å²) in [7, 11) is 6.02. The molecular weight excluding hydrogens is 152 g/mol. The quantitative estimate of drug-likeness (QED) is 0.505. The van der Waals surface area contributed by atoms with Crippen molar-refractivity contribution in [2.75, 3.05) is 34.2 Å². The predicted octanol–water partition coefficient (Wildman–Crippen LogP) is -1.08. The molecule has 1 aliphatic heterocycles. The lowest BCUT2D eigenvalue weighted by Crippen LogP contribution is -3.10. The predicted molar refractivity (Wildman–Crippen MR) is 48.0 cm³/mol. The lowest BCUT2D eigenvalue weighted by atomic mass is 10.1. The van der Waals surface area contributed by atoms with E-state index in [0.29, 0.717) is 12.2 Å². The molecule has 0 aromatic rings. The van der Waals surface area contributed by atoms with Crippen molar-refractivity contribution in [3.63, 3.8) is 0 Å². The zero-order chi connectivity index (χ0) is 9.14. The van der Waals surface area contributed by atoms with Gasteiger partial charge in [0.2, 0.25) is 0 Å². The molecule has 0 amide bonds. The summed E-state index contributed by atoms with van der Waals surface area (Å²) in [6.45, 7) is 1.85. The number of likely N-dealkylation sites (N-methyl/N-ethyl adjacent to an activating group) is 1. The first kappa shape index (κ1) is 9.26. The fraction of sp³-hybridized carbons (Fsp3) is 0.667. The van der Waals surface area contributed by atoms with Crippen LogP contribution >= 0.6 is 0 Å². The average Bonchev–Trinajstić information content (AvgIpc) is 1.96. The second-order valence-electron chi connectivity index (χ2n) is 3.68. The second kappa shape index (κ2) is 3.72. The molecule has 0 aromatic carbocycles. The molecule has 1 rings (SSSR count). The van der Waals surface area contributed by atoms with Crippen molar-refractivity contribution in [1.82, 2.24) is 4.90 Å². The summed E-state index contributed by atoms with van der Waals surface area (Å²) in [5.41, 5.74) is 0.962. The molecule has 1 aliphatic rings. The van der Waals surface area contributed by atoms with Gasteiger partial charge in [0.1, 0.15) is 6.54 Å². The number of Topliss-reactive ketones (excluding diaryl/α,β-unsaturated/α-hetero) is 1. The van der Waals surface area contributed by atoms with Crippen LogP contribution in [0, 0.1) is 0 Å². The van der Waals surface area contributed by atoms with E-state index in [1.807, 2.05) is 25.2 Å². The Bertz CT molecular complexity index is 209. The van der Waals surface area contributed by atoms with Crippen molar-refractivity contribution < 1.29 is 9.69 Å². The summed E-state index contributed by atoms with van der Waals surface area (Å²) in [5, 5.41) is 0. The highest BCUT2D eigenvalue weighted by molar-refractivity contribution is 5.95. The van der Waals surface area contributed by atoms with Gasteiger partial charge in [0.25, 0.3) is 0 Å². The molecular formula is C9H17N2O+. The van der Waals surface area contributed by atoms with E-state index in [1.165, 1.54) is 4.90 Å². The van der Waals surface area contributed by atoms with Crippen molar-refractivity contribution >= 4 is 5.78 Å². The highest BCUT2D eigenvalue weighted by Crippen LogP contribution is 2.01. The molecule has 1 saturated heterocycles. The Kier molecular flexibility index (Phi) is 2.87. The fourth-order valence-electron chi connectivity index (χ4n) is 1.43. The van der Waals surface area contributed by atoms with E-state index in [9.17, 15) is 4.79 Å². The molecule has 1 heterocycles. The van der Waals surface area contributed by atoms with Crippen LogP contribution in [0.3, 0.4) is 0 Å². The Morgan fingerprint density at radius 2 is 2.17 bits per heavy atom. The monoisotopic (exact) mass is 169 g/mol. The third kappa shape index (κ3) is 2.34. The van der Waals surface area contributed by atoms with Crippen LogP contribution in [0.2, 0.25) is 0 Å². The maximum Gasteiger partial charge on any atom is 0.171 e. The molecule has 0 spiro atoms. The molecule has 1 N–H and O–H groups in total. The number of ketones is 1. The van der Waals surface area contributed by atoms with Gasteiger partial charge >= 0.3 is 0 Å². The number of carbonyl (C=O) groups is 1. The van der Waals surface area contributed by atoms with Crippen LogP contribution in [-0.2, 0) is 4.79 Å². The van der Waals surface area contributed by atoms with Gasteiger partial charge in [-0.2, -0.15) is 0 Å². The number of rotatable bonds is 1. The topological polar surface area (TPSA) is 24.8 Å². The third-order valence-electron chi connectivity index (χ3n) is 2.04. The highest BCUT2D eigenvalue weighted by Gasteiger charge is 2.21. The van der Waals surface area contributed by atoms with Gasteiger partial charge in [-0.05, 0) is 0 Å². The highest BCUT2D eigenvalue weighted by atomic mass is 16.1. The maximum absolute atomic E-state index is 11.4. The Labute approximate surface area is 73.6 Å². The first-order chi connectivity index (χ1) is 5.59. The summed E-state index contributed by atoms with van der Waals surface area (Å²) >= 11 is 0. The van der Waals surface area contributed by atoms with E-state index in [1.54, 1.807) is 0 Å². The van der Waals surface area contributed by atoms with E-state index in [0.717, 1.165) is 18.7 Å². The molecule has 0 aromatic heterocycles. The first-order valence-electron chi connectivity index (χ1n) is 4.31. The molecule has 1 unspecified atom stereocenters. The second-order valence-corrected chi connectivity index (χ2v) is 3.68. The summed E-state index contributed by atoms with van der Waals surface area (Å²) in [6.07, 6.45) is 2.64. The van der Waals surface area contributed by atoms with E-state index in [4.69, 9.17) is 0 Å². The van der Waals surface area contributed by atoms with Crippen LogP contribution < -0.4 is 4.90 Å². The van der Waals surface area contributed by atoms with Gasteiger partial charge in [-0.3, -0.25) is 4.79 Å². The van der Waals surface area contributed by atoms with Crippen LogP contribution in [0.1, 0.15) is 6.42 Å². The average molecular weight is 169 g/mol. The molecule has 0 saturated carbocycles. The van der Waals surface area contributed by atoms with Gasteiger partial charge in [-0.1, -0.05) is 0 Å². The smallest absolute Gasteiger partial charge is 0.171 e. The minimum absolute atomic E-state index is 0.314. The maximum atomic E-state index is 11.4. The normalized spacial score (nSPS) is 27.8. The molecule has 0 radical (unpaired) electrons. The Morgan fingerprint density at radius 3 is 2.75 bits per heavy atom. The number of piperidine rings is 1. The van der Waals surface area contributed by atoms with Gasteiger partial charge in [-0.15, -0.1) is 0 Å². The number of hydrogen-bond acceptors (Lipinski definition) is 2. The van der Waals surface area contributed by atoms with Gasteiger partial charge in [0, 0.05) is 20.3 Å². The SMILES string of the molecule is CN(C)/C=C1\C[NH+](C)CCC1=O. The molecule has 68 valence electrons. The van der Waals surface area contributed by atoms with Gasteiger partial charge in [-0.25, -0.2) is 0 Å². The van der Waals surface area contributed by atoms with Crippen LogP contribution in [-0.4, -0.2) is 44.9 Å². The van der Waals surface area contributed by atoms with E-state index in [-0.39, 0.29) is 0 Å². The van der Waals surface area contributed by atoms with E-state index in [2.05, 4.69) is 7.05 Å². The van der Waals surface area contributed by atoms with Gasteiger partial charge in [0.05, 0.1) is 25.6 Å². The van der Waals surface area contributed by atoms with Crippen molar-refractivity contribution in [1.29, 1.82) is 0 Å². The summed E-state index contributed by atoms with van der Waals surface area (Å²) < 4.78 is 0. The molecule has 0 aliphatic carbocycles. The van der Waals surface area contributed by atoms with Crippen LogP contribution in [0.15, 0.2) is 11.8 Å². The van der Waals surface area contributed by atoms with E-state index < -0.39 is 0 Å². The number of nitrogens with zero attached hydrogens (tertiary/aromatic N) is 1. The standard InChI is InChI=1S/C9H16N2O/c1-10(2)6-8-7-11(3)5-4-9(8)12/h6H,4-5,7H2,1-3H3/p+1/b8-6+. The minimum atomic E-state index is 0.314. The number of nitrogens with one attached hydrogen (secondary N) is 1. The molecule has 1 fully saturated rings. The van der Waals surface area contributed by atoms with Crippen LogP contribution in [0.4, 0.5) is 0 Å². The number of carbonyl (C=O) groups excluding carboxylic acids is 1. The molecule has 3 nitrogen and oxygen atoms in total. The zero-order valence-corrected chi connectivity index (χ0v) is 8.05. The summed E-state index contributed by atoms with van der Waals surface area (Å²) in [5.74, 6) is 0.314. The van der Waals surface area contributed by atoms with Crippen molar-refractivity contribution in [3.05, 3.63) is 11.8 Å². The van der Waals surface area contributed by atoms with Gasteiger partial charge in [0.15, 0.2) is 5.78 Å². The molecule has 1 atom stereocenters. The largest absolute Gasteiger partial charge is 0.383 e. The Balaban J connectivity index is 2.67. The van der Waals surface area contributed by atoms with Crippen molar-refractivity contribution in [2.45, 2.75) is 6.42 Å². The summed E-state index contributed by atoms with van der Waals surface area (Å²) in [6, 6.07) is 0. The molecule has 0 bridgehead atoms. The van der Waals surface area contributed by atoms with Crippen LogP contribution in [0.25, 0.3) is 0 Å². The lowest BCUT2D eigenvalue weighted by molar-refractivity contribution is -0.875. The molecule has 12 heavy (non-hydrogen) atoms. The summed E-state index contributed by atoms with van der Waals surface area (Å²) in [4.78, 5) is 14.7. The number of hydrogen-bond donors (Lipinski definition) is 1. The van der Waals surface area contributed by atoms with Crippen molar-refractivity contribution in [3.8, 4) is 0 Å². The minimum Gasteiger partial charge on any atom is -0.383 e. The van der Waals surface area contributed by atoms with Gasteiger partial charge < -0.3 is 9.80 Å². The fourth-order valence-corrected chi connectivity index (χ4v) is 1.43. The first-order valence-corrected chi connectivity index (χ1v) is 4.31. The number of quaternary nitrogens is 1. The Morgan fingerprint density at radius 1 is 1.50 bits per heavy atom. The third-order valence-corrected chi connectivity index (χ3v) is 2.04. The van der Waals surface area contributed by atoms with E-state index >= 15 is 0 Å². The number of likely N-dealkylation sites (tertiary alicyclic amines) is 1. The molecule has 3 heteroatoms. The zero-order valence-electron chi connectivity index (χ0n) is 8.05. The van der Waals surface area contributed by atoms with Crippen LogP contribution in [0.5, 0.6) is 0 Å². The lowest BCUT2D eigenvalue weighted by Gasteiger charge is -2.21. The Hall–Kier alpha value is -0.830.